The van der Waals surface area contributed by atoms with Crippen molar-refractivity contribution in [1.82, 2.24) is 0 Å². The molecule has 1 N–H and O–H groups in total. The van der Waals surface area contributed by atoms with Gasteiger partial charge in [0.05, 0.1) is 12.1 Å². The van der Waals surface area contributed by atoms with Crippen molar-refractivity contribution in [1.29, 1.82) is 0 Å². The van der Waals surface area contributed by atoms with Gasteiger partial charge in [0.2, 0.25) is 0 Å². The van der Waals surface area contributed by atoms with E-state index in [-0.39, 0.29) is 9.89 Å². The summed E-state index contributed by atoms with van der Waals surface area (Å²) in [4.78, 5) is 12.7. The lowest BCUT2D eigenvalue weighted by atomic mass is 10.2. The Kier molecular flexibility index (Phi) is 7.52. The summed E-state index contributed by atoms with van der Waals surface area (Å²) >= 11 is 2.07. The molecule has 0 aliphatic rings. The fraction of sp³-hybridized carbons (Fsp3) is 0.909. The van der Waals surface area contributed by atoms with Crippen molar-refractivity contribution < 1.29 is 14.4 Å². The highest BCUT2D eigenvalue weighted by Gasteiger charge is 2.18. The third kappa shape index (κ3) is 6.35. The molecule has 0 saturated carbocycles. The fourth-order valence-corrected chi connectivity index (χ4v) is 1.81. The topological polar surface area (TPSA) is 30.7 Å². The van der Waals surface area contributed by atoms with Crippen molar-refractivity contribution in [2.45, 2.75) is 50.6 Å². The molecule has 0 spiro atoms. The third-order valence-corrected chi connectivity index (χ3v) is 2.95. The summed E-state index contributed by atoms with van der Waals surface area (Å²) in [5, 5.41) is 0. The Hall–Kier alpha value is 0.160. The van der Waals surface area contributed by atoms with Gasteiger partial charge in [0, 0.05) is 0 Å². The number of ether oxygens (including phenoxy) is 1. The number of hydrogen-bond donors (Lipinski definition) is 1. The van der Waals surface area contributed by atoms with Gasteiger partial charge in [0.25, 0.3) is 0 Å². The van der Waals surface area contributed by atoms with E-state index in [1.54, 1.807) is 0 Å². The molecule has 0 aromatic heterocycles. The Morgan fingerprint density at radius 3 is 2.00 bits per heavy atom. The SMILES string of the molecule is CC(I)C(=O)OCC[NH+](C(C)C)C(C)C. The second kappa shape index (κ2) is 7.44. The van der Waals surface area contributed by atoms with Crippen molar-refractivity contribution in [3.63, 3.8) is 0 Å². The van der Waals surface area contributed by atoms with Crippen LogP contribution in [0.2, 0.25) is 0 Å². The zero-order valence-corrected chi connectivity index (χ0v) is 12.5. The van der Waals surface area contributed by atoms with Crippen molar-refractivity contribution >= 4 is 28.6 Å². The Balaban J connectivity index is 3.87. The Morgan fingerprint density at radius 2 is 1.67 bits per heavy atom. The van der Waals surface area contributed by atoms with Crippen LogP contribution in [0.1, 0.15) is 34.6 Å². The number of quaternary nitrogens is 1. The maximum atomic E-state index is 11.2. The van der Waals surface area contributed by atoms with Crippen LogP contribution in [-0.4, -0.2) is 35.1 Å². The molecule has 0 aromatic rings. The third-order valence-electron chi connectivity index (χ3n) is 2.44. The minimum atomic E-state index is -0.109. The first kappa shape index (κ1) is 15.2. The molecule has 1 unspecified atom stereocenters. The standard InChI is InChI=1S/C11H22INO2/c1-8(2)13(9(3)4)6-7-15-11(14)10(5)12/h8-10H,6-7H2,1-5H3/p+1. The van der Waals surface area contributed by atoms with Crippen LogP contribution in [0.5, 0.6) is 0 Å². The summed E-state index contributed by atoms with van der Waals surface area (Å²) in [5.74, 6) is -0.109. The Labute approximate surface area is 107 Å². The molecule has 0 aliphatic heterocycles. The van der Waals surface area contributed by atoms with Crippen LogP contribution in [0.15, 0.2) is 0 Å². The molecular formula is C11H23INO2+. The number of hydrogen-bond acceptors (Lipinski definition) is 2. The molecule has 0 bridgehead atoms. The molecule has 3 nitrogen and oxygen atoms in total. The zero-order valence-electron chi connectivity index (χ0n) is 10.3. The van der Waals surface area contributed by atoms with E-state index in [1.807, 2.05) is 6.92 Å². The van der Waals surface area contributed by atoms with Gasteiger partial charge in [-0.05, 0) is 34.6 Å². The number of alkyl halides is 1. The van der Waals surface area contributed by atoms with Gasteiger partial charge in [-0.15, -0.1) is 0 Å². The van der Waals surface area contributed by atoms with Crippen LogP contribution in [0.4, 0.5) is 0 Å². The molecule has 0 radical (unpaired) electrons. The summed E-state index contributed by atoms with van der Waals surface area (Å²) in [6.07, 6.45) is 0. The highest BCUT2D eigenvalue weighted by atomic mass is 127. The van der Waals surface area contributed by atoms with Crippen LogP contribution in [0.3, 0.4) is 0 Å². The van der Waals surface area contributed by atoms with Crippen molar-refractivity contribution in [3.8, 4) is 0 Å². The van der Waals surface area contributed by atoms with E-state index in [2.05, 4.69) is 50.3 Å². The summed E-state index contributed by atoms with van der Waals surface area (Å²) in [5.41, 5.74) is 0. The molecule has 0 amide bonds. The smallest absolute Gasteiger partial charge is 0.318 e. The molecular weight excluding hydrogens is 305 g/mol. The lowest BCUT2D eigenvalue weighted by molar-refractivity contribution is -0.942. The lowest BCUT2D eigenvalue weighted by Gasteiger charge is -2.27. The van der Waals surface area contributed by atoms with Gasteiger partial charge in [-0.3, -0.25) is 4.79 Å². The predicted octanol–water partition coefficient (Wildman–Crippen LogP) is 1.05. The normalized spacial score (nSPS) is 13.7. The van der Waals surface area contributed by atoms with Crippen LogP contribution >= 0.6 is 22.6 Å². The number of esters is 1. The molecule has 0 aliphatic carbocycles. The number of carbonyl (C=O) groups is 1. The fourth-order valence-electron chi connectivity index (χ4n) is 1.63. The Morgan fingerprint density at radius 1 is 1.20 bits per heavy atom. The molecule has 4 heteroatoms. The van der Waals surface area contributed by atoms with E-state index in [9.17, 15) is 4.79 Å². The summed E-state index contributed by atoms with van der Waals surface area (Å²) in [6.45, 7) is 12.0. The quantitative estimate of drug-likeness (QED) is 0.449. The highest BCUT2D eigenvalue weighted by molar-refractivity contribution is 14.1. The minimum absolute atomic E-state index is 0.0517. The molecule has 0 saturated heterocycles. The van der Waals surface area contributed by atoms with Gasteiger partial charge in [0.15, 0.2) is 0 Å². The molecule has 0 aromatic carbocycles. The number of carbonyl (C=O) groups excluding carboxylic acids is 1. The van der Waals surface area contributed by atoms with E-state index in [0.717, 1.165) is 6.54 Å². The van der Waals surface area contributed by atoms with Gasteiger partial charge >= 0.3 is 5.97 Å². The minimum Gasteiger partial charge on any atom is -0.459 e. The molecule has 90 valence electrons. The van der Waals surface area contributed by atoms with Crippen molar-refractivity contribution in [3.05, 3.63) is 0 Å². The van der Waals surface area contributed by atoms with Gasteiger partial charge < -0.3 is 9.64 Å². The predicted molar refractivity (Wildman–Crippen MR) is 70.5 cm³/mol. The molecule has 1 atom stereocenters. The van der Waals surface area contributed by atoms with E-state index in [4.69, 9.17) is 4.74 Å². The summed E-state index contributed by atoms with van der Waals surface area (Å²) in [7, 11) is 0. The second-order valence-corrected chi connectivity index (χ2v) is 6.29. The van der Waals surface area contributed by atoms with Crippen LogP contribution in [-0.2, 0) is 9.53 Å². The van der Waals surface area contributed by atoms with Crippen LogP contribution < -0.4 is 4.90 Å². The second-order valence-electron chi connectivity index (χ2n) is 4.42. The van der Waals surface area contributed by atoms with E-state index in [1.165, 1.54) is 4.90 Å². The Bertz CT molecular complexity index is 185. The number of rotatable bonds is 6. The monoisotopic (exact) mass is 328 g/mol. The maximum Gasteiger partial charge on any atom is 0.318 e. The molecule has 0 fully saturated rings. The van der Waals surface area contributed by atoms with E-state index in [0.29, 0.717) is 18.7 Å². The highest BCUT2D eigenvalue weighted by Crippen LogP contribution is 1.99. The van der Waals surface area contributed by atoms with Crippen LogP contribution in [0, 0.1) is 0 Å². The molecule has 0 heterocycles. The van der Waals surface area contributed by atoms with Crippen LogP contribution in [0.25, 0.3) is 0 Å². The largest absolute Gasteiger partial charge is 0.459 e. The van der Waals surface area contributed by atoms with Gasteiger partial charge in [-0.1, -0.05) is 22.6 Å². The first-order valence-electron chi connectivity index (χ1n) is 5.52. The van der Waals surface area contributed by atoms with Crippen molar-refractivity contribution in [2.75, 3.05) is 13.2 Å². The van der Waals surface area contributed by atoms with E-state index < -0.39 is 0 Å². The average Bonchev–Trinajstić information content (AvgIpc) is 2.10. The number of halogens is 1. The molecule has 0 rings (SSSR count). The average molecular weight is 328 g/mol. The first-order valence-corrected chi connectivity index (χ1v) is 6.77. The van der Waals surface area contributed by atoms with Gasteiger partial charge in [-0.25, -0.2) is 0 Å². The van der Waals surface area contributed by atoms with E-state index >= 15 is 0 Å². The zero-order chi connectivity index (χ0) is 12.0. The molecule has 15 heavy (non-hydrogen) atoms. The van der Waals surface area contributed by atoms with Crippen molar-refractivity contribution in [2.24, 2.45) is 0 Å². The van der Waals surface area contributed by atoms with Gasteiger partial charge in [-0.2, -0.15) is 0 Å². The maximum absolute atomic E-state index is 11.2. The lowest BCUT2D eigenvalue weighted by Crippen LogP contribution is -3.18. The first-order chi connectivity index (χ1) is 6.86. The van der Waals surface area contributed by atoms with Gasteiger partial charge in [0.1, 0.15) is 17.1 Å². The summed E-state index contributed by atoms with van der Waals surface area (Å²) < 4.78 is 5.12. The summed E-state index contributed by atoms with van der Waals surface area (Å²) in [6, 6.07) is 1.14. The number of nitrogens with one attached hydrogen (secondary N) is 1.